The van der Waals surface area contributed by atoms with Gasteiger partial charge >= 0.3 is 0 Å². The molecule has 1 aliphatic carbocycles. The van der Waals surface area contributed by atoms with Crippen LogP contribution >= 0.6 is 0 Å². The highest BCUT2D eigenvalue weighted by atomic mass is 16.5. The summed E-state index contributed by atoms with van der Waals surface area (Å²) in [5.41, 5.74) is 6.84. The number of ether oxygens (including phenoxy) is 1. The second-order valence-corrected chi connectivity index (χ2v) is 4.55. The summed E-state index contributed by atoms with van der Waals surface area (Å²) in [7, 11) is 3.50. The van der Waals surface area contributed by atoms with Crippen molar-refractivity contribution in [2.24, 2.45) is 7.05 Å². The highest BCUT2D eigenvalue weighted by Gasteiger charge is 2.29. The van der Waals surface area contributed by atoms with E-state index < -0.39 is 0 Å². The molecule has 1 saturated carbocycles. The lowest BCUT2D eigenvalue weighted by molar-refractivity contribution is 0.0717. The molecule has 1 aromatic heterocycles. The maximum absolute atomic E-state index is 12.1. The van der Waals surface area contributed by atoms with Gasteiger partial charge in [0.2, 0.25) is 0 Å². The maximum atomic E-state index is 12.1. The van der Waals surface area contributed by atoms with Gasteiger partial charge in [0.1, 0.15) is 5.69 Å². The molecule has 1 aromatic rings. The van der Waals surface area contributed by atoms with E-state index in [2.05, 4.69) is 5.32 Å². The predicted molar refractivity (Wildman–Crippen MR) is 65.7 cm³/mol. The summed E-state index contributed by atoms with van der Waals surface area (Å²) in [4.78, 5) is 12.1. The number of nitrogens with zero attached hydrogens (tertiary/aromatic N) is 1. The Morgan fingerprint density at radius 3 is 2.94 bits per heavy atom. The van der Waals surface area contributed by atoms with Gasteiger partial charge in [-0.15, -0.1) is 0 Å². The Kier molecular flexibility index (Phi) is 3.38. The van der Waals surface area contributed by atoms with Gasteiger partial charge in [0.15, 0.2) is 0 Å². The molecule has 0 saturated heterocycles. The smallest absolute Gasteiger partial charge is 0.268 e. The number of carbonyl (C=O) groups excluding carboxylic acids is 1. The third-order valence-corrected chi connectivity index (χ3v) is 3.33. The van der Waals surface area contributed by atoms with Crippen LogP contribution in [-0.4, -0.2) is 29.7 Å². The lowest BCUT2D eigenvalue weighted by Crippen LogP contribution is -2.41. The van der Waals surface area contributed by atoms with Crippen LogP contribution in [-0.2, 0) is 11.8 Å². The summed E-state index contributed by atoms with van der Waals surface area (Å²) in [6.45, 7) is 0. The summed E-state index contributed by atoms with van der Waals surface area (Å²) in [6, 6.07) is 1.80. The maximum Gasteiger partial charge on any atom is 0.268 e. The van der Waals surface area contributed by atoms with Gasteiger partial charge in [-0.05, 0) is 25.3 Å². The fourth-order valence-corrected chi connectivity index (χ4v) is 2.43. The second-order valence-electron chi connectivity index (χ2n) is 4.55. The minimum Gasteiger partial charge on any atom is -0.397 e. The van der Waals surface area contributed by atoms with Crippen LogP contribution in [0.2, 0.25) is 0 Å². The number of nitrogens with two attached hydrogens (primary N) is 1. The van der Waals surface area contributed by atoms with Crippen LogP contribution in [0.25, 0.3) is 0 Å². The second kappa shape index (κ2) is 4.79. The van der Waals surface area contributed by atoms with Gasteiger partial charge in [-0.25, -0.2) is 0 Å². The van der Waals surface area contributed by atoms with Crippen molar-refractivity contribution in [3.05, 3.63) is 18.0 Å². The number of methoxy groups -OCH3 is 1. The van der Waals surface area contributed by atoms with Crippen LogP contribution in [0.1, 0.15) is 29.8 Å². The van der Waals surface area contributed by atoms with E-state index in [0.29, 0.717) is 11.4 Å². The largest absolute Gasteiger partial charge is 0.397 e. The molecule has 17 heavy (non-hydrogen) atoms. The molecule has 0 radical (unpaired) electrons. The molecule has 0 bridgehead atoms. The highest BCUT2D eigenvalue weighted by Crippen LogP contribution is 2.22. The fourth-order valence-electron chi connectivity index (χ4n) is 2.43. The number of carbonyl (C=O) groups is 1. The van der Waals surface area contributed by atoms with Crippen molar-refractivity contribution in [3.8, 4) is 0 Å². The summed E-state index contributed by atoms with van der Waals surface area (Å²) in [6.07, 6.45) is 4.95. The molecule has 3 N–H and O–H groups in total. The third-order valence-electron chi connectivity index (χ3n) is 3.33. The molecule has 0 aliphatic heterocycles. The van der Waals surface area contributed by atoms with Crippen molar-refractivity contribution in [2.75, 3.05) is 12.8 Å². The predicted octanol–water partition coefficient (Wildman–Crippen LogP) is 0.905. The number of anilines is 1. The first-order chi connectivity index (χ1) is 8.11. The van der Waals surface area contributed by atoms with E-state index in [1.807, 2.05) is 7.05 Å². The van der Waals surface area contributed by atoms with E-state index in [-0.39, 0.29) is 18.1 Å². The zero-order valence-corrected chi connectivity index (χ0v) is 10.3. The lowest BCUT2D eigenvalue weighted by Gasteiger charge is -2.19. The third kappa shape index (κ3) is 2.44. The van der Waals surface area contributed by atoms with Gasteiger partial charge in [0.25, 0.3) is 5.91 Å². The van der Waals surface area contributed by atoms with E-state index in [1.54, 1.807) is 23.9 Å². The van der Waals surface area contributed by atoms with Crippen molar-refractivity contribution in [1.29, 1.82) is 0 Å². The standard InChI is InChI=1S/C12H19N3O2/c1-15-7-8(13)6-10(15)12(16)14-9-4-3-5-11(9)17-2/h6-7,9,11H,3-5,13H2,1-2H3,(H,14,16). The number of amides is 1. The van der Waals surface area contributed by atoms with E-state index in [0.717, 1.165) is 19.3 Å². The molecule has 2 rings (SSSR count). The molecule has 94 valence electrons. The van der Waals surface area contributed by atoms with E-state index in [1.165, 1.54) is 0 Å². The van der Waals surface area contributed by atoms with Gasteiger partial charge in [0.05, 0.1) is 17.8 Å². The Morgan fingerprint density at radius 2 is 2.35 bits per heavy atom. The molecule has 1 aliphatic rings. The zero-order chi connectivity index (χ0) is 12.4. The molecule has 5 heteroatoms. The summed E-state index contributed by atoms with van der Waals surface area (Å²) in [5, 5.41) is 3.01. The van der Waals surface area contributed by atoms with E-state index in [9.17, 15) is 4.79 Å². The minimum absolute atomic E-state index is 0.0850. The Labute approximate surface area is 101 Å². The Bertz CT molecular complexity index is 414. The van der Waals surface area contributed by atoms with Crippen molar-refractivity contribution in [3.63, 3.8) is 0 Å². The average Bonchev–Trinajstić information content (AvgIpc) is 2.84. The number of aromatic nitrogens is 1. The number of aryl methyl sites for hydroxylation is 1. The van der Waals surface area contributed by atoms with Gasteiger partial charge in [-0.3, -0.25) is 4.79 Å². The molecule has 2 unspecified atom stereocenters. The van der Waals surface area contributed by atoms with Crippen LogP contribution in [0.15, 0.2) is 12.3 Å². The van der Waals surface area contributed by atoms with Crippen LogP contribution in [0.3, 0.4) is 0 Å². The number of nitrogens with one attached hydrogen (secondary N) is 1. The monoisotopic (exact) mass is 237 g/mol. The van der Waals surface area contributed by atoms with Crippen molar-refractivity contribution in [1.82, 2.24) is 9.88 Å². The van der Waals surface area contributed by atoms with Gasteiger partial charge in [-0.1, -0.05) is 0 Å². The SMILES string of the molecule is COC1CCCC1NC(=O)c1cc(N)cn1C. The molecular formula is C12H19N3O2. The van der Waals surface area contributed by atoms with Crippen LogP contribution in [0.5, 0.6) is 0 Å². The molecular weight excluding hydrogens is 218 g/mol. The van der Waals surface area contributed by atoms with Crippen molar-refractivity contribution >= 4 is 11.6 Å². The van der Waals surface area contributed by atoms with Gasteiger partial charge < -0.3 is 20.4 Å². The fraction of sp³-hybridized carbons (Fsp3) is 0.583. The zero-order valence-electron chi connectivity index (χ0n) is 10.3. The molecule has 2 atom stereocenters. The Balaban J connectivity index is 2.04. The topological polar surface area (TPSA) is 69.3 Å². The quantitative estimate of drug-likeness (QED) is 0.820. The summed E-state index contributed by atoms with van der Waals surface area (Å²) >= 11 is 0. The van der Waals surface area contributed by atoms with E-state index >= 15 is 0 Å². The molecule has 1 amide bonds. The van der Waals surface area contributed by atoms with Crippen LogP contribution < -0.4 is 11.1 Å². The number of rotatable bonds is 3. The summed E-state index contributed by atoms with van der Waals surface area (Å²) in [5.74, 6) is -0.0850. The summed E-state index contributed by atoms with van der Waals surface area (Å²) < 4.78 is 7.09. The average molecular weight is 237 g/mol. The lowest BCUT2D eigenvalue weighted by atomic mass is 10.2. The van der Waals surface area contributed by atoms with E-state index in [4.69, 9.17) is 10.5 Å². The van der Waals surface area contributed by atoms with Gasteiger partial charge in [-0.2, -0.15) is 0 Å². The number of hydrogen-bond acceptors (Lipinski definition) is 3. The highest BCUT2D eigenvalue weighted by molar-refractivity contribution is 5.94. The van der Waals surface area contributed by atoms with Crippen LogP contribution in [0.4, 0.5) is 5.69 Å². The number of nitrogen functional groups attached to an aromatic ring is 1. The van der Waals surface area contributed by atoms with Crippen molar-refractivity contribution in [2.45, 2.75) is 31.4 Å². The van der Waals surface area contributed by atoms with Crippen molar-refractivity contribution < 1.29 is 9.53 Å². The molecule has 1 heterocycles. The first kappa shape index (κ1) is 12.0. The molecule has 0 aromatic carbocycles. The Hall–Kier alpha value is -1.49. The number of hydrogen-bond donors (Lipinski definition) is 2. The van der Waals surface area contributed by atoms with Crippen LogP contribution in [0, 0.1) is 0 Å². The molecule has 5 nitrogen and oxygen atoms in total. The van der Waals surface area contributed by atoms with Gasteiger partial charge in [0, 0.05) is 20.4 Å². The first-order valence-corrected chi connectivity index (χ1v) is 5.87. The minimum atomic E-state index is -0.0850. The molecule has 0 spiro atoms. The first-order valence-electron chi connectivity index (χ1n) is 5.87. The molecule has 1 fully saturated rings. The Morgan fingerprint density at radius 1 is 1.59 bits per heavy atom. The normalized spacial score (nSPS) is 23.9.